The van der Waals surface area contributed by atoms with Crippen LogP contribution in [0.3, 0.4) is 0 Å². The van der Waals surface area contributed by atoms with Crippen molar-refractivity contribution in [3.8, 4) is 5.69 Å². The van der Waals surface area contributed by atoms with Crippen molar-refractivity contribution in [1.82, 2.24) is 14.7 Å². The Morgan fingerprint density at radius 1 is 1.29 bits per heavy atom. The van der Waals surface area contributed by atoms with Crippen molar-refractivity contribution in [3.05, 3.63) is 47.5 Å². The highest BCUT2D eigenvalue weighted by Gasteiger charge is 2.20. The average Bonchev–Trinajstić information content (AvgIpc) is 2.98. The third-order valence-electron chi connectivity index (χ3n) is 3.74. The summed E-state index contributed by atoms with van der Waals surface area (Å²) in [4.78, 5) is 24.6. The number of amides is 1. The number of carboxylic acids is 1. The first-order valence-electron chi connectivity index (χ1n) is 7.74. The Bertz CT molecular complexity index is 725. The van der Waals surface area contributed by atoms with Crippen LogP contribution in [0.2, 0.25) is 0 Å². The summed E-state index contributed by atoms with van der Waals surface area (Å²) < 4.78 is 14.7. The van der Waals surface area contributed by atoms with Gasteiger partial charge in [0.1, 0.15) is 5.82 Å². The zero-order valence-electron chi connectivity index (χ0n) is 13.7. The first-order valence-corrected chi connectivity index (χ1v) is 7.74. The standard InChI is InChI=1S/C17H20FN3O3/c1-3-15-14(17(24)20(2)10-4-5-16(22)23)11-19-21(15)13-8-6-12(18)7-9-13/h6-9,11H,3-5,10H2,1-2H3,(H,22,23). The van der Waals surface area contributed by atoms with Crippen LogP contribution in [-0.2, 0) is 11.2 Å². The maximum atomic E-state index is 13.1. The van der Waals surface area contributed by atoms with Gasteiger partial charge in [-0.3, -0.25) is 9.59 Å². The lowest BCUT2D eigenvalue weighted by Crippen LogP contribution is -2.28. The zero-order valence-corrected chi connectivity index (χ0v) is 13.7. The van der Waals surface area contributed by atoms with Crippen molar-refractivity contribution >= 4 is 11.9 Å². The Labute approximate surface area is 139 Å². The average molecular weight is 333 g/mol. The van der Waals surface area contributed by atoms with Crippen LogP contribution < -0.4 is 0 Å². The predicted molar refractivity (Wildman–Crippen MR) is 86.7 cm³/mol. The first-order chi connectivity index (χ1) is 11.4. The molecule has 2 rings (SSSR count). The maximum absolute atomic E-state index is 13.1. The van der Waals surface area contributed by atoms with Crippen LogP contribution >= 0.6 is 0 Å². The molecule has 0 fully saturated rings. The summed E-state index contributed by atoms with van der Waals surface area (Å²) in [5, 5.41) is 12.9. The van der Waals surface area contributed by atoms with Crippen molar-refractivity contribution in [2.75, 3.05) is 13.6 Å². The molecule has 0 radical (unpaired) electrons. The number of carboxylic acid groups (broad SMARTS) is 1. The van der Waals surface area contributed by atoms with E-state index in [0.29, 0.717) is 30.6 Å². The highest BCUT2D eigenvalue weighted by atomic mass is 19.1. The zero-order chi connectivity index (χ0) is 17.7. The molecular formula is C17H20FN3O3. The van der Waals surface area contributed by atoms with E-state index in [1.807, 2.05) is 6.92 Å². The molecule has 0 atom stereocenters. The van der Waals surface area contributed by atoms with Crippen molar-refractivity contribution in [3.63, 3.8) is 0 Å². The molecule has 1 aromatic heterocycles. The van der Waals surface area contributed by atoms with Gasteiger partial charge in [-0.25, -0.2) is 9.07 Å². The molecule has 0 aliphatic rings. The van der Waals surface area contributed by atoms with Crippen molar-refractivity contribution in [2.24, 2.45) is 0 Å². The fraction of sp³-hybridized carbons (Fsp3) is 0.353. The Morgan fingerprint density at radius 3 is 2.54 bits per heavy atom. The molecule has 0 aliphatic heterocycles. The van der Waals surface area contributed by atoms with Gasteiger partial charge in [0, 0.05) is 20.0 Å². The lowest BCUT2D eigenvalue weighted by atomic mass is 10.1. The quantitative estimate of drug-likeness (QED) is 0.845. The number of hydrogen-bond donors (Lipinski definition) is 1. The normalized spacial score (nSPS) is 10.6. The Hall–Kier alpha value is -2.70. The Balaban J connectivity index is 2.20. The third kappa shape index (κ3) is 3.98. The summed E-state index contributed by atoms with van der Waals surface area (Å²) in [6, 6.07) is 5.89. The molecule has 0 bridgehead atoms. The molecule has 1 amide bonds. The third-order valence-corrected chi connectivity index (χ3v) is 3.74. The molecular weight excluding hydrogens is 313 g/mol. The van der Waals surface area contributed by atoms with Gasteiger partial charge in [0.25, 0.3) is 5.91 Å². The number of aromatic nitrogens is 2. The molecule has 24 heavy (non-hydrogen) atoms. The molecule has 0 saturated heterocycles. The van der Waals surface area contributed by atoms with E-state index in [0.717, 1.165) is 5.69 Å². The molecule has 1 heterocycles. The van der Waals surface area contributed by atoms with Crippen LogP contribution in [0, 0.1) is 5.82 Å². The van der Waals surface area contributed by atoms with Gasteiger partial charge in [0.05, 0.1) is 23.1 Å². The Kier molecular flexibility index (Phi) is 5.68. The van der Waals surface area contributed by atoms with Crippen LogP contribution in [0.4, 0.5) is 4.39 Å². The number of nitrogens with zero attached hydrogens (tertiary/aromatic N) is 3. The minimum atomic E-state index is -0.880. The molecule has 1 N–H and O–H groups in total. The summed E-state index contributed by atoms with van der Waals surface area (Å²) >= 11 is 0. The van der Waals surface area contributed by atoms with Gasteiger partial charge < -0.3 is 10.0 Å². The SMILES string of the molecule is CCc1c(C(=O)N(C)CCCC(=O)O)cnn1-c1ccc(F)cc1. The first kappa shape index (κ1) is 17.7. The summed E-state index contributed by atoms with van der Waals surface area (Å²) in [5.74, 6) is -1.42. The second-order valence-electron chi connectivity index (χ2n) is 5.47. The van der Waals surface area contributed by atoms with Crippen LogP contribution in [-0.4, -0.2) is 45.3 Å². The highest BCUT2D eigenvalue weighted by molar-refractivity contribution is 5.95. The van der Waals surface area contributed by atoms with Gasteiger partial charge in [-0.2, -0.15) is 5.10 Å². The summed E-state index contributed by atoms with van der Waals surface area (Å²) in [6.07, 6.45) is 2.50. The molecule has 0 spiro atoms. The molecule has 1 aromatic carbocycles. The molecule has 0 aliphatic carbocycles. The fourth-order valence-corrected chi connectivity index (χ4v) is 2.47. The number of hydrogen-bond acceptors (Lipinski definition) is 3. The summed E-state index contributed by atoms with van der Waals surface area (Å²) in [5.41, 5.74) is 1.89. The molecule has 6 nitrogen and oxygen atoms in total. The second-order valence-corrected chi connectivity index (χ2v) is 5.47. The monoisotopic (exact) mass is 333 g/mol. The van der Waals surface area contributed by atoms with Gasteiger partial charge in [-0.05, 0) is 37.1 Å². The lowest BCUT2D eigenvalue weighted by Gasteiger charge is -2.17. The van der Waals surface area contributed by atoms with Gasteiger partial charge >= 0.3 is 5.97 Å². The van der Waals surface area contributed by atoms with E-state index in [2.05, 4.69) is 5.10 Å². The van der Waals surface area contributed by atoms with Crippen LogP contribution in [0.25, 0.3) is 5.69 Å². The van der Waals surface area contributed by atoms with Crippen LogP contribution in [0.15, 0.2) is 30.5 Å². The number of benzene rings is 1. The summed E-state index contributed by atoms with van der Waals surface area (Å²) in [6.45, 7) is 2.27. The summed E-state index contributed by atoms with van der Waals surface area (Å²) in [7, 11) is 1.64. The van der Waals surface area contributed by atoms with Gasteiger partial charge in [0.2, 0.25) is 0 Å². The molecule has 2 aromatic rings. The van der Waals surface area contributed by atoms with Crippen molar-refractivity contribution in [2.45, 2.75) is 26.2 Å². The largest absolute Gasteiger partial charge is 0.481 e. The van der Waals surface area contributed by atoms with E-state index in [-0.39, 0.29) is 18.1 Å². The second kappa shape index (κ2) is 7.72. The minimum absolute atomic E-state index is 0.0209. The predicted octanol–water partition coefficient (Wildman–Crippen LogP) is 2.51. The Morgan fingerprint density at radius 2 is 1.96 bits per heavy atom. The number of aliphatic carboxylic acids is 1. The van der Waals surface area contributed by atoms with Gasteiger partial charge in [-0.1, -0.05) is 6.92 Å². The lowest BCUT2D eigenvalue weighted by molar-refractivity contribution is -0.137. The minimum Gasteiger partial charge on any atom is -0.481 e. The van der Waals surface area contributed by atoms with Crippen molar-refractivity contribution in [1.29, 1.82) is 0 Å². The van der Waals surface area contributed by atoms with Crippen LogP contribution in [0.1, 0.15) is 35.8 Å². The number of rotatable bonds is 7. The molecule has 128 valence electrons. The van der Waals surface area contributed by atoms with Gasteiger partial charge in [-0.15, -0.1) is 0 Å². The topological polar surface area (TPSA) is 75.4 Å². The van der Waals surface area contributed by atoms with Gasteiger partial charge in [0.15, 0.2) is 0 Å². The number of carbonyl (C=O) groups is 2. The molecule has 7 heteroatoms. The van der Waals surface area contributed by atoms with E-state index in [9.17, 15) is 14.0 Å². The van der Waals surface area contributed by atoms with E-state index in [1.165, 1.54) is 23.2 Å². The van der Waals surface area contributed by atoms with Crippen LogP contribution in [0.5, 0.6) is 0 Å². The van der Waals surface area contributed by atoms with E-state index in [4.69, 9.17) is 5.11 Å². The number of carbonyl (C=O) groups excluding carboxylic acids is 1. The number of halogens is 1. The molecule has 0 saturated carbocycles. The van der Waals surface area contributed by atoms with E-state index in [1.54, 1.807) is 23.9 Å². The maximum Gasteiger partial charge on any atom is 0.303 e. The van der Waals surface area contributed by atoms with E-state index >= 15 is 0 Å². The van der Waals surface area contributed by atoms with E-state index < -0.39 is 5.97 Å². The fourth-order valence-electron chi connectivity index (χ4n) is 2.47. The highest BCUT2D eigenvalue weighted by Crippen LogP contribution is 2.18. The van der Waals surface area contributed by atoms with Crippen molar-refractivity contribution < 1.29 is 19.1 Å². The smallest absolute Gasteiger partial charge is 0.303 e. The molecule has 0 unspecified atom stereocenters.